The van der Waals surface area contributed by atoms with Gasteiger partial charge in [0.25, 0.3) is 5.56 Å². The Balaban J connectivity index is 1.71. The lowest BCUT2D eigenvalue weighted by molar-refractivity contribution is -0.122. The highest BCUT2D eigenvalue weighted by atomic mass is 16.5. The highest BCUT2D eigenvalue weighted by molar-refractivity contribution is 5.78. The van der Waals surface area contributed by atoms with E-state index in [1.165, 1.54) is 10.9 Å². The Morgan fingerprint density at radius 3 is 2.95 bits per heavy atom. The minimum absolute atomic E-state index is 0.120. The molecule has 22 heavy (non-hydrogen) atoms. The monoisotopic (exact) mass is 299 g/mol. The number of rotatable bonds is 4. The van der Waals surface area contributed by atoms with Crippen molar-refractivity contribution in [2.24, 2.45) is 0 Å². The number of amides is 1. The predicted octanol–water partition coefficient (Wildman–Crippen LogP) is 0.404. The van der Waals surface area contributed by atoms with Gasteiger partial charge in [0.2, 0.25) is 11.8 Å². The molecule has 0 saturated heterocycles. The molecule has 8 nitrogen and oxygen atoms in total. The van der Waals surface area contributed by atoms with Crippen molar-refractivity contribution < 1.29 is 9.32 Å². The number of carbonyl (C=O) groups excluding carboxylic acids is 1. The van der Waals surface area contributed by atoms with Crippen LogP contribution in [0.4, 0.5) is 0 Å². The maximum absolute atomic E-state index is 12.2. The lowest BCUT2D eigenvalue weighted by Crippen LogP contribution is -2.32. The maximum Gasteiger partial charge on any atom is 0.261 e. The maximum atomic E-state index is 12.2. The van der Waals surface area contributed by atoms with Crippen LogP contribution in [0, 0.1) is 6.92 Å². The van der Waals surface area contributed by atoms with Crippen LogP contribution in [0.3, 0.4) is 0 Å². The van der Waals surface area contributed by atoms with Gasteiger partial charge in [-0.1, -0.05) is 17.3 Å². The molecule has 3 aromatic rings. The Labute approximate surface area is 124 Å². The third kappa shape index (κ3) is 2.85. The summed E-state index contributed by atoms with van der Waals surface area (Å²) in [5.41, 5.74) is 0.347. The highest BCUT2D eigenvalue weighted by Crippen LogP contribution is 2.04. The molecule has 0 atom stereocenters. The summed E-state index contributed by atoms with van der Waals surface area (Å²) in [6, 6.07) is 6.99. The minimum Gasteiger partial charge on any atom is -0.345 e. The van der Waals surface area contributed by atoms with Gasteiger partial charge in [-0.2, -0.15) is 4.98 Å². The van der Waals surface area contributed by atoms with Crippen LogP contribution in [-0.4, -0.2) is 25.6 Å². The van der Waals surface area contributed by atoms with Gasteiger partial charge in [-0.05, 0) is 19.1 Å². The molecule has 0 aliphatic heterocycles. The first-order valence-corrected chi connectivity index (χ1v) is 6.63. The number of hydrogen-bond acceptors (Lipinski definition) is 6. The van der Waals surface area contributed by atoms with Crippen LogP contribution in [0.1, 0.15) is 11.7 Å². The molecule has 0 aliphatic carbocycles. The second kappa shape index (κ2) is 5.76. The molecular formula is C14H13N5O3. The summed E-state index contributed by atoms with van der Waals surface area (Å²) in [5, 5.41) is 6.71. The lowest BCUT2D eigenvalue weighted by Gasteiger charge is -2.06. The van der Waals surface area contributed by atoms with E-state index < -0.39 is 0 Å². The van der Waals surface area contributed by atoms with E-state index in [-0.39, 0.29) is 24.6 Å². The summed E-state index contributed by atoms with van der Waals surface area (Å²) in [4.78, 5) is 32.3. The van der Waals surface area contributed by atoms with Crippen molar-refractivity contribution in [3.63, 3.8) is 0 Å². The number of para-hydroxylation sites is 1. The van der Waals surface area contributed by atoms with E-state index in [1.807, 2.05) is 0 Å². The first-order chi connectivity index (χ1) is 10.6. The second-order valence-corrected chi connectivity index (χ2v) is 4.71. The third-order valence-electron chi connectivity index (χ3n) is 3.05. The zero-order valence-electron chi connectivity index (χ0n) is 11.8. The van der Waals surface area contributed by atoms with E-state index in [9.17, 15) is 9.59 Å². The number of nitrogens with zero attached hydrogens (tertiary/aromatic N) is 4. The molecule has 0 unspecified atom stereocenters. The molecule has 1 N–H and O–H groups in total. The highest BCUT2D eigenvalue weighted by Gasteiger charge is 2.09. The quantitative estimate of drug-likeness (QED) is 0.748. The van der Waals surface area contributed by atoms with Crippen molar-refractivity contribution in [1.29, 1.82) is 0 Å². The SMILES string of the molecule is Cc1noc(CNC(=O)Cn2cnc3ccccc3c2=O)n1. The van der Waals surface area contributed by atoms with Gasteiger partial charge in [0, 0.05) is 0 Å². The zero-order chi connectivity index (χ0) is 15.5. The minimum atomic E-state index is -0.338. The van der Waals surface area contributed by atoms with Gasteiger partial charge in [0.05, 0.1) is 23.8 Å². The molecule has 1 aromatic carbocycles. The molecule has 0 radical (unpaired) electrons. The summed E-state index contributed by atoms with van der Waals surface area (Å²) in [7, 11) is 0. The van der Waals surface area contributed by atoms with E-state index in [0.717, 1.165) is 0 Å². The molecule has 0 saturated carbocycles. The topological polar surface area (TPSA) is 103 Å². The Morgan fingerprint density at radius 1 is 1.36 bits per heavy atom. The number of aromatic nitrogens is 4. The van der Waals surface area contributed by atoms with Gasteiger partial charge in [-0.3, -0.25) is 14.2 Å². The summed E-state index contributed by atoms with van der Waals surface area (Å²) < 4.78 is 6.15. The van der Waals surface area contributed by atoms with Crippen molar-refractivity contribution >= 4 is 16.8 Å². The van der Waals surface area contributed by atoms with Crippen molar-refractivity contribution in [1.82, 2.24) is 25.0 Å². The Hall–Kier alpha value is -3.03. The van der Waals surface area contributed by atoms with Crippen molar-refractivity contribution in [3.05, 3.63) is 52.7 Å². The molecule has 1 amide bonds. The molecular weight excluding hydrogens is 286 g/mol. The van der Waals surface area contributed by atoms with Gasteiger partial charge < -0.3 is 9.84 Å². The Morgan fingerprint density at radius 2 is 2.18 bits per heavy atom. The molecule has 3 rings (SSSR count). The zero-order valence-corrected chi connectivity index (χ0v) is 11.8. The molecule has 0 fully saturated rings. The molecule has 0 bridgehead atoms. The van der Waals surface area contributed by atoms with Crippen LogP contribution < -0.4 is 10.9 Å². The van der Waals surface area contributed by atoms with Crippen LogP contribution in [0.2, 0.25) is 0 Å². The van der Waals surface area contributed by atoms with Gasteiger partial charge in [0.1, 0.15) is 6.54 Å². The molecule has 8 heteroatoms. The number of benzene rings is 1. The van der Waals surface area contributed by atoms with Gasteiger partial charge >= 0.3 is 0 Å². The van der Waals surface area contributed by atoms with E-state index in [4.69, 9.17) is 4.52 Å². The summed E-state index contributed by atoms with van der Waals surface area (Å²) in [5.74, 6) is 0.476. The Bertz CT molecular complexity index is 883. The van der Waals surface area contributed by atoms with Gasteiger partial charge in [-0.15, -0.1) is 0 Å². The van der Waals surface area contributed by atoms with Crippen molar-refractivity contribution in [2.75, 3.05) is 0 Å². The van der Waals surface area contributed by atoms with E-state index in [2.05, 4.69) is 20.4 Å². The Kier molecular flexibility index (Phi) is 3.65. The first-order valence-electron chi connectivity index (χ1n) is 6.63. The van der Waals surface area contributed by atoms with Crippen LogP contribution in [0.15, 0.2) is 39.9 Å². The fraction of sp³-hybridized carbons (Fsp3) is 0.214. The van der Waals surface area contributed by atoms with E-state index in [1.54, 1.807) is 31.2 Å². The summed E-state index contributed by atoms with van der Waals surface area (Å²) in [6.07, 6.45) is 1.36. The standard InChI is InChI=1S/C14H13N5O3/c1-9-17-13(22-18-9)6-15-12(20)7-19-8-16-11-5-3-2-4-10(11)14(19)21/h2-5,8H,6-7H2,1H3,(H,15,20). The smallest absolute Gasteiger partial charge is 0.261 e. The molecule has 2 aromatic heterocycles. The largest absolute Gasteiger partial charge is 0.345 e. The lowest BCUT2D eigenvalue weighted by atomic mass is 10.2. The molecule has 0 aliphatic rings. The molecule has 0 spiro atoms. The summed E-state index contributed by atoms with van der Waals surface area (Å²) in [6.45, 7) is 1.69. The number of aryl methyl sites for hydroxylation is 1. The third-order valence-corrected chi connectivity index (χ3v) is 3.05. The fourth-order valence-corrected chi connectivity index (χ4v) is 2.02. The van der Waals surface area contributed by atoms with Crippen LogP contribution in [-0.2, 0) is 17.9 Å². The number of carbonyl (C=O) groups is 1. The number of nitrogens with one attached hydrogen (secondary N) is 1. The van der Waals surface area contributed by atoms with E-state index in [0.29, 0.717) is 22.6 Å². The van der Waals surface area contributed by atoms with Crippen LogP contribution >= 0.6 is 0 Å². The average molecular weight is 299 g/mol. The predicted molar refractivity (Wildman–Crippen MR) is 76.9 cm³/mol. The molecule has 2 heterocycles. The first kappa shape index (κ1) is 13.9. The second-order valence-electron chi connectivity index (χ2n) is 4.71. The average Bonchev–Trinajstić information content (AvgIpc) is 2.94. The summed E-state index contributed by atoms with van der Waals surface area (Å²) >= 11 is 0. The van der Waals surface area contributed by atoms with Crippen molar-refractivity contribution in [3.8, 4) is 0 Å². The van der Waals surface area contributed by atoms with Gasteiger partial charge in [0.15, 0.2) is 5.82 Å². The van der Waals surface area contributed by atoms with Crippen LogP contribution in [0.5, 0.6) is 0 Å². The normalized spacial score (nSPS) is 10.8. The fourth-order valence-electron chi connectivity index (χ4n) is 2.02. The number of hydrogen-bond donors (Lipinski definition) is 1. The van der Waals surface area contributed by atoms with Crippen LogP contribution in [0.25, 0.3) is 10.9 Å². The number of fused-ring (bicyclic) bond motifs is 1. The van der Waals surface area contributed by atoms with Gasteiger partial charge in [-0.25, -0.2) is 4.98 Å². The molecule has 112 valence electrons. The van der Waals surface area contributed by atoms with E-state index >= 15 is 0 Å². The van der Waals surface area contributed by atoms with Crippen molar-refractivity contribution in [2.45, 2.75) is 20.0 Å².